The van der Waals surface area contributed by atoms with Gasteiger partial charge in [0.15, 0.2) is 0 Å². The highest BCUT2D eigenvalue weighted by Crippen LogP contribution is 2.32. The maximum absolute atomic E-state index is 11.9. The van der Waals surface area contributed by atoms with Crippen molar-refractivity contribution in [3.8, 4) is 0 Å². The zero-order valence-corrected chi connectivity index (χ0v) is 32.5. The second-order valence-electron chi connectivity index (χ2n) is 15.0. The summed E-state index contributed by atoms with van der Waals surface area (Å²) < 4.78 is 0. The lowest BCUT2D eigenvalue weighted by atomic mass is 9.84. The number of nitrogens with zero attached hydrogens (tertiary/aromatic N) is 3. The van der Waals surface area contributed by atoms with Crippen LogP contribution in [0.3, 0.4) is 0 Å². The van der Waals surface area contributed by atoms with E-state index in [1.165, 1.54) is 14.7 Å². The third-order valence-electron chi connectivity index (χ3n) is 10.8. The van der Waals surface area contributed by atoms with Crippen LogP contribution in [0.2, 0.25) is 0 Å². The Morgan fingerprint density at radius 1 is 0.630 bits per heavy atom. The Bertz CT molecular complexity index is 1290. The fraction of sp³-hybridized carbons (Fsp3) is 0.829. The monoisotopic (exact) mass is 774 g/mol. The van der Waals surface area contributed by atoms with Gasteiger partial charge in [0, 0.05) is 57.0 Å². The molecule has 0 aliphatic carbocycles. The molecule has 3 saturated heterocycles. The average Bonchev–Trinajstić information content (AvgIpc) is 3.79. The summed E-state index contributed by atoms with van der Waals surface area (Å²) in [5, 5.41) is 36.7. The molecule has 54 heavy (non-hydrogen) atoms. The molecule has 8 atom stereocenters. The van der Waals surface area contributed by atoms with Gasteiger partial charge >= 0.3 is 17.9 Å². The first kappa shape index (κ1) is 48.6. The molecule has 3 aliphatic heterocycles. The molecule has 3 amide bonds. The lowest BCUT2D eigenvalue weighted by Gasteiger charge is -2.25. The van der Waals surface area contributed by atoms with Gasteiger partial charge in [0.1, 0.15) is 22.7 Å². The number of rotatable bonds is 16. The first-order valence-corrected chi connectivity index (χ1v) is 18.9. The Labute approximate surface area is 318 Å². The highest BCUT2D eigenvalue weighted by Gasteiger charge is 2.52. The number of carbonyl (C=O) groups excluding carboxylic acids is 3. The smallest absolute Gasteiger partial charge is 0.325 e. The summed E-state index contributed by atoms with van der Waals surface area (Å²) in [4.78, 5) is 73.5. The van der Waals surface area contributed by atoms with Crippen LogP contribution in [0.5, 0.6) is 0 Å². The van der Waals surface area contributed by atoms with Crippen LogP contribution in [-0.2, 0) is 28.8 Å². The van der Waals surface area contributed by atoms with E-state index in [9.17, 15) is 44.1 Å². The van der Waals surface area contributed by atoms with Crippen LogP contribution in [0.1, 0.15) is 85.5 Å². The van der Waals surface area contributed by atoms with Crippen molar-refractivity contribution in [2.45, 2.75) is 114 Å². The number of carbonyl (C=O) groups is 6. The summed E-state index contributed by atoms with van der Waals surface area (Å²) in [6.07, 6.45) is 7.72. The molecule has 3 aliphatic rings. The van der Waals surface area contributed by atoms with Crippen molar-refractivity contribution in [1.29, 1.82) is 0 Å². The number of aliphatic hydroxyl groups is 1. The number of carboxylic acid groups (broad SMARTS) is 3. The molecule has 312 valence electrons. The van der Waals surface area contributed by atoms with E-state index in [-0.39, 0.29) is 62.3 Å². The van der Waals surface area contributed by atoms with E-state index in [0.29, 0.717) is 19.5 Å². The van der Waals surface area contributed by atoms with E-state index in [1.54, 1.807) is 6.92 Å². The van der Waals surface area contributed by atoms with E-state index in [0.717, 1.165) is 51.4 Å². The van der Waals surface area contributed by atoms with Gasteiger partial charge in [-0.3, -0.25) is 28.8 Å². The summed E-state index contributed by atoms with van der Waals surface area (Å²) in [6.45, 7) is 8.27. The highest BCUT2D eigenvalue weighted by atomic mass is 16.4. The molecule has 3 rings (SSSR count). The minimum atomic E-state index is -1.42. The quantitative estimate of drug-likeness (QED) is 0.0801. The molecule has 0 aromatic heterocycles. The van der Waals surface area contributed by atoms with Gasteiger partial charge in [-0.25, -0.2) is 0 Å². The Kier molecular flexibility index (Phi) is 19.4. The van der Waals surface area contributed by atoms with Gasteiger partial charge in [-0.15, -0.1) is 0 Å². The summed E-state index contributed by atoms with van der Waals surface area (Å²) in [7, 11) is 0. The Morgan fingerprint density at radius 3 is 1.22 bits per heavy atom. The van der Waals surface area contributed by atoms with E-state index in [2.05, 4.69) is 0 Å². The molecule has 0 spiro atoms. The molecular weight excluding hydrogens is 706 g/mol. The predicted molar refractivity (Wildman–Crippen MR) is 200 cm³/mol. The Morgan fingerprint density at radius 2 is 0.944 bits per heavy atom. The van der Waals surface area contributed by atoms with Crippen LogP contribution < -0.4 is 34.4 Å². The number of aliphatic hydroxyl groups excluding tert-OH is 1. The topological polar surface area (TPSA) is 349 Å². The fourth-order valence-corrected chi connectivity index (χ4v) is 7.20. The zero-order valence-electron chi connectivity index (χ0n) is 32.5. The van der Waals surface area contributed by atoms with Crippen LogP contribution >= 0.6 is 0 Å². The maximum Gasteiger partial charge on any atom is 0.325 e. The van der Waals surface area contributed by atoms with Crippen molar-refractivity contribution in [2.75, 3.05) is 52.4 Å². The largest absolute Gasteiger partial charge is 0.480 e. The minimum Gasteiger partial charge on any atom is -0.480 e. The lowest BCUT2D eigenvalue weighted by Crippen LogP contribution is -2.55. The molecule has 3 heterocycles. The fourth-order valence-electron chi connectivity index (χ4n) is 7.20. The van der Waals surface area contributed by atoms with Gasteiger partial charge in [-0.2, -0.15) is 0 Å². The number of hydrogen-bond acceptors (Lipinski definition) is 13. The molecule has 0 aromatic carbocycles. The Hall–Kier alpha value is -3.46. The number of likely N-dealkylation sites (tertiary alicyclic amines) is 3. The molecule has 16 N–H and O–H groups in total. The van der Waals surface area contributed by atoms with Gasteiger partial charge in [0.2, 0.25) is 17.7 Å². The van der Waals surface area contributed by atoms with Crippen molar-refractivity contribution >= 4 is 35.6 Å². The number of hydrogen-bond donors (Lipinski definition) is 10. The molecule has 0 saturated carbocycles. The summed E-state index contributed by atoms with van der Waals surface area (Å²) in [5.41, 5.74) is 30.1. The standard InChI is InChI=1S/C12H23N3O4.C12H23N3O3.C11H21N3O3/c1-2-3-4-8-5-15(10(17)9(13)6-16)7-12(8,14)11(18)19;1-3-4-5-9-6-15(10(16)8(2)13)7-12(9,14)11(17)18;1-2-3-4-8-6-14(9(15)5-12)7-11(8,13)10(16)17/h8-9,16H,2-7,13-14H2,1H3,(H,18,19);8-9H,3-7,13-14H2,1-2H3,(H,17,18);8H,2-7,12-13H2,1H3,(H,16,17)/t2*8-,9-,12-;8-,11-/m000/s1. The van der Waals surface area contributed by atoms with Crippen LogP contribution in [0.15, 0.2) is 0 Å². The lowest BCUT2D eigenvalue weighted by molar-refractivity contribution is -0.145. The van der Waals surface area contributed by atoms with Gasteiger partial charge in [0.05, 0.1) is 19.2 Å². The molecule has 0 unspecified atom stereocenters. The minimum absolute atomic E-state index is 0.0523. The second-order valence-corrected chi connectivity index (χ2v) is 15.0. The maximum atomic E-state index is 11.9. The van der Waals surface area contributed by atoms with E-state index >= 15 is 0 Å². The molecule has 0 aromatic rings. The molecular formula is C35H67N9O10. The third-order valence-corrected chi connectivity index (χ3v) is 10.8. The average molecular weight is 774 g/mol. The van der Waals surface area contributed by atoms with Crippen molar-refractivity contribution < 1.29 is 49.2 Å². The molecule has 19 nitrogen and oxygen atoms in total. The molecule has 0 radical (unpaired) electrons. The van der Waals surface area contributed by atoms with E-state index < -0.39 is 59.1 Å². The van der Waals surface area contributed by atoms with Crippen LogP contribution in [0.25, 0.3) is 0 Å². The SMILES string of the molecule is CCCC[C@H]1CN(C(=O)CN)C[C@@]1(N)C(=O)O.CCCC[C@H]1CN(C(=O)[C@@H](N)CO)C[C@@]1(N)C(=O)O.CCCC[C@H]1CN(C(=O)[C@H](C)N)C[C@@]1(N)C(=O)O. The number of aliphatic carboxylic acids is 3. The van der Waals surface area contributed by atoms with E-state index in [1.807, 2.05) is 20.8 Å². The van der Waals surface area contributed by atoms with Crippen molar-refractivity contribution in [1.82, 2.24) is 14.7 Å². The van der Waals surface area contributed by atoms with Gasteiger partial charge in [-0.05, 0) is 26.2 Å². The Balaban J connectivity index is 0.000000406. The number of nitrogens with two attached hydrogens (primary N) is 6. The molecule has 19 heteroatoms. The second kappa shape index (κ2) is 21.6. The van der Waals surface area contributed by atoms with Gasteiger partial charge < -0.3 is 69.5 Å². The summed E-state index contributed by atoms with van der Waals surface area (Å²) >= 11 is 0. The summed E-state index contributed by atoms with van der Waals surface area (Å²) in [5.74, 6) is -4.74. The summed E-state index contributed by atoms with van der Waals surface area (Å²) in [6, 6.07) is -1.63. The normalized spacial score (nSPS) is 28.7. The predicted octanol–water partition coefficient (Wildman–Crippen LogP) is -2.12. The number of carboxylic acids is 3. The highest BCUT2D eigenvalue weighted by molar-refractivity contribution is 5.87. The molecule has 0 bridgehead atoms. The van der Waals surface area contributed by atoms with Gasteiger partial charge in [0.25, 0.3) is 0 Å². The van der Waals surface area contributed by atoms with Crippen molar-refractivity contribution in [3.63, 3.8) is 0 Å². The van der Waals surface area contributed by atoms with Crippen LogP contribution in [0.4, 0.5) is 0 Å². The van der Waals surface area contributed by atoms with Crippen LogP contribution in [-0.4, -0.2) is 152 Å². The van der Waals surface area contributed by atoms with Crippen molar-refractivity contribution in [2.24, 2.45) is 52.2 Å². The van der Waals surface area contributed by atoms with E-state index in [4.69, 9.17) is 39.5 Å². The number of amides is 3. The van der Waals surface area contributed by atoms with Crippen molar-refractivity contribution in [3.05, 3.63) is 0 Å². The number of unbranched alkanes of at least 4 members (excludes halogenated alkanes) is 3. The first-order chi connectivity index (χ1) is 25.1. The molecule has 3 fully saturated rings. The zero-order chi connectivity index (χ0) is 41.6. The van der Waals surface area contributed by atoms with Crippen LogP contribution in [0, 0.1) is 17.8 Å². The van der Waals surface area contributed by atoms with Gasteiger partial charge in [-0.1, -0.05) is 59.3 Å². The third kappa shape index (κ3) is 12.0. The first-order valence-electron chi connectivity index (χ1n) is 18.9.